The Morgan fingerprint density at radius 1 is 1.14 bits per heavy atom. The fraction of sp³-hybridized carbons (Fsp3) is 0.389. The van der Waals surface area contributed by atoms with Crippen LogP contribution >= 0.6 is 12.4 Å². The summed E-state index contributed by atoms with van der Waals surface area (Å²) in [5, 5.41) is 8.95. The van der Waals surface area contributed by atoms with E-state index in [0.717, 1.165) is 31.5 Å². The van der Waals surface area contributed by atoms with E-state index in [1.165, 1.54) is 10.8 Å². The van der Waals surface area contributed by atoms with Gasteiger partial charge >= 0.3 is 0 Å². The molecular formula is C18H23ClN2O. The Labute approximate surface area is 137 Å². The minimum absolute atomic E-state index is 0. The molecular weight excluding hydrogens is 296 g/mol. The second-order valence-electron chi connectivity index (χ2n) is 6.22. The largest absolute Gasteiger partial charge is 0.351 e. The number of carbonyl (C=O) groups is 1. The SMILES string of the molecule is CC1(NC(=O)Cc2ccc3ccccc3c2)CCNCC1.Cl. The zero-order valence-electron chi connectivity index (χ0n) is 12.9. The van der Waals surface area contributed by atoms with Gasteiger partial charge in [-0.2, -0.15) is 0 Å². The predicted molar refractivity (Wildman–Crippen MR) is 93.6 cm³/mol. The van der Waals surface area contributed by atoms with E-state index < -0.39 is 0 Å². The van der Waals surface area contributed by atoms with Crippen molar-refractivity contribution in [2.75, 3.05) is 13.1 Å². The van der Waals surface area contributed by atoms with Gasteiger partial charge in [-0.3, -0.25) is 4.79 Å². The van der Waals surface area contributed by atoms with Gasteiger partial charge in [0.25, 0.3) is 0 Å². The smallest absolute Gasteiger partial charge is 0.224 e. The molecule has 0 spiro atoms. The van der Waals surface area contributed by atoms with Crippen molar-refractivity contribution < 1.29 is 4.79 Å². The molecule has 0 radical (unpaired) electrons. The molecule has 1 heterocycles. The molecule has 0 bridgehead atoms. The highest BCUT2D eigenvalue weighted by Gasteiger charge is 2.28. The number of rotatable bonds is 3. The van der Waals surface area contributed by atoms with Crippen LogP contribution in [0.2, 0.25) is 0 Å². The van der Waals surface area contributed by atoms with Gasteiger partial charge in [0.15, 0.2) is 0 Å². The Kier molecular flexibility index (Phi) is 5.43. The van der Waals surface area contributed by atoms with Crippen molar-refractivity contribution in [2.24, 2.45) is 0 Å². The van der Waals surface area contributed by atoms with Gasteiger partial charge in [-0.15, -0.1) is 12.4 Å². The monoisotopic (exact) mass is 318 g/mol. The van der Waals surface area contributed by atoms with E-state index >= 15 is 0 Å². The van der Waals surface area contributed by atoms with Crippen molar-refractivity contribution in [3.8, 4) is 0 Å². The van der Waals surface area contributed by atoms with Crippen LogP contribution in [0, 0.1) is 0 Å². The van der Waals surface area contributed by atoms with E-state index in [-0.39, 0.29) is 23.9 Å². The van der Waals surface area contributed by atoms with Gasteiger partial charge in [0.1, 0.15) is 0 Å². The van der Waals surface area contributed by atoms with E-state index in [4.69, 9.17) is 0 Å². The molecule has 3 rings (SSSR count). The molecule has 118 valence electrons. The fourth-order valence-corrected chi connectivity index (χ4v) is 3.02. The Morgan fingerprint density at radius 3 is 2.55 bits per heavy atom. The summed E-state index contributed by atoms with van der Waals surface area (Å²) in [5.74, 6) is 0.120. The number of carbonyl (C=O) groups excluding carboxylic acids is 1. The number of fused-ring (bicyclic) bond motifs is 1. The first kappa shape index (κ1) is 16.8. The minimum Gasteiger partial charge on any atom is -0.351 e. The number of hydrogen-bond acceptors (Lipinski definition) is 2. The standard InChI is InChI=1S/C18H22N2O.ClH/c1-18(8-10-19-11-9-18)20-17(21)13-14-6-7-15-4-2-3-5-16(15)12-14;/h2-7,12,19H,8-11,13H2,1H3,(H,20,21);1H. The number of nitrogens with one attached hydrogen (secondary N) is 2. The molecule has 1 aliphatic heterocycles. The lowest BCUT2D eigenvalue weighted by Gasteiger charge is -2.35. The summed E-state index contributed by atoms with van der Waals surface area (Å²) in [5.41, 5.74) is 1.02. The molecule has 1 saturated heterocycles. The van der Waals surface area contributed by atoms with Crippen molar-refractivity contribution >= 4 is 29.1 Å². The van der Waals surface area contributed by atoms with Crippen molar-refractivity contribution in [1.29, 1.82) is 0 Å². The Balaban J connectivity index is 0.00000176. The summed E-state index contributed by atoms with van der Waals surface area (Å²) < 4.78 is 0. The molecule has 1 aliphatic rings. The first-order chi connectivity index (χ1) is 10.1. The molecule has 0 aliphatic carbocycles. The normalized spacial score (nSPS) is 16.8. The summed E-state index contributed by atoms with van der Waals surface area (Å²) in [7, 11) is 0. The van der Waals surface area contributed by atoms with Gasteiger partial charge in [-0.05, 0) is 49.2 Å². The lowest BCUT2D eigenvalue weighted by molar-refractivity contribution is -0.122. The molecule has 2 aromatic rings. The van der Waals surface area contributed by atoms with Gasteiger partial charge in [0.2, 0.25) is 5.91 Å². The lowest BCUT2D eigenvalue weighted by Crippen LogP contribution is -2.52. The topological polar surface area (TPSA) is 41.1 Å². The average molecular weight is 319 g/mol. The Morgan fingerprint density at radius 2 is 1.82 bits per heavy atom. The van der Waals surface area contributed by atoms with Crippen LogP contribution in [0.5, 0.6) is 0 Å². The van der Waals surface area contributed by atoms with E-state index in [9.17, 15) is 4.79 Å². The molecule has 1 fully saturated rings. The molecule has 0 unspecified atom stereocenters. The highest BCUT2D eigenvalue weighted by atomic mass is 35.5. The molecule has 0 aromatic heterocycles. The Bertz CT molecular complexity index is 650. The molecule has 2 aromatic carbocycles. The van der Waals surface area contributed by atoms with Gasteiger partial charge in [0.05, 0.1) is 6.42 Å². The fourth-order valence-electron chi connectivity index (χ4n) is 3.02. The summed E-state index contributed by atoms with van der Waals surface area (Å²) in [6, 6.07) is 14.5. The van der Waals surface area contributed by atoms with E-state index in [1.807, 2.05) is 18.2 Å². The van der Waals surface area contributed by atoms with Gasteiger partial charge in [-0.25, -0.2) is 0 Å². The average Bonchev–Trinajstić information content (AvgIpc) is 2.47. The van der Waals surface area contributed by atoms with Gasteiger partial charge in [0, 0.05) is 5.54 Å². The molecule has 22 heavy (non-hydrogen) atoms. The maximum Gasteiger partial charge on any atom is 0.224 e. The third-order valence-electron chi connectivity index (χ3n) is 4.33. The first-order valence-electron chi connectivity index (χ1n) is 7.64. The van der Waals surface area contributed by atoms with Crippen LogP contribution in [0.15, 0.2) is 42.5 Å². The summed E-state index contributed by atoms with van der Waals surface area (Å²) in [4.78, 5) is 12.3. The second kappa shape index (κ2) is 7.12. The summed E-state index contributed by atoms with van der Waals surface area (Å²) >= 11 is 0. The zero-order valence-corrected chi connectivity index (χ0v) is 13.7. The van der Waals surface area contributed by atoms with E-state index in [1.54, 1.807) is 0 Å². The van der Waals surface area contributed by atoms with Crippen LogP contribution < -0.4 is 10.6 Å². The quantitative estimate of drug-likeness (QED) is 0.913. The lowest BCUT2D eigenvalue weighted by atomic mass is 9.90. The zero-order chi connectivity index (χ0) is 14.7. The van der Waals surface area contributed by atoms with Crippen LogP contribution in [0.4, 0.5) is 0 Å². The van der Waals surface area contributed by atoms with Crippen LogP contribution in [0.25, 0.3) is 10.8 Å². The van der Waals surface area contributed by atoms with Crippen LogP contribution in [0.3, 0.4) is 0 Å². The van der Waals surface area contributed by atoms with E-state index in [2.05, 4.69) is 41.8 Å². The molecule has 3 nitrogen and oxygen atoms in total. The Hall–Kier alpha value is -1.58. The van der Waals surface area contributed by atoms with Crippen molar-refractivity contribution in [1.82, 2.24) is 10.6 Å². The minimum atomic E-state index is -0.0564. The summed E-state index contributed by atoms with van der Waals surface area (Å²) in [6.07, 6.45) is 2.45. The van der Waals surface area contributed by atoms with Crippen LogP contribution in [-0.4, -0.2) is 24.5 Å². The van der Waals surface area contributed by atoms with Gasteiger partial charge < -0.3 is 10.6 Å². The molecule has 4 heteroatoms. The predicted octanol–water partition coefficient (Wildman–Crippen LogP) is 3.06. The molecule has 1 amide bonds. The third kappa shape index (κ3) is 3.99. The number of hydrogen-bond donors (Lipinski definition) is 2. The highest BCUT2D eigenvalue weighted by molar-refractivity contribution is 5.86. The van der Waals surface area contributed by atoms with Crippen molar-refractivity contribution in [3.63, 3.8) is 0 Å². The van der Waals surface area contributed by atoms with Crippen LogP contribution in [0.1, 0.15) is 25.3 Å². The number of amides is 1. The van der Waals surface area contributed by atoms with Gasteiger partial charge in [-0.1, -0.05) is 42.5 Å². The summed E-state index contributed by atoms with van der Waals surface area (Å²) in [6.45, 7) is 4.10. The number of piperidine rings is 1. The van der Waals surface area contributed by atoms with Crippen molar-refractivity contribution in [3.05, 3.63) is 48.0 Å². The molecule has 0 atom stereocenters. The van der Waals surface area contributed by atoms with E-state index in [0.29, 0.717) is 6.42 Å². The maximum absolute atomic E-state index is 12.3. The molecule has 2 N–H and O–H groups in total. The number of benzene rings is 2. The molecule has 0 saturated carbocycles. The third-order valence-corrected chi connectivity index (χ3v) is 4.33. The van der Waals surface area contributed by atoms with Crippen LogP contribution in [-0.2, 0) is 11.2 Å². The maximum atomic E-state index is 12.3. The highest BCUT2D eigenvalue weighted by Crippen LogP contribution is 2.19. The first-order valence-corrected chi connectivity index (χ1v) is 7.64. The van der Waals surface area contributed by atoms with Crippen molar-refractivity contribution in [2.45, 2.75) is 31.7 Å². The second-order valence-corrected chi connectivity index (χ2v) is 6.22. The number of halogens is 1.